The fourth-order valence-corrected chi connectivity index (χ4v) is 2.59. The lowest BCUT2D eigenvalue weighted by Gasteiger charge is -2.31. The Morgan fingerprint density at radius 3 is 2.89 bits per heavy atom. The van der Waals surface area contributed by atoms with Gasteiger partial charge in [-0.3, -0.25) is 4.90 Å². The average molecular weight is 266 g/mol. The molecule has 0 spiro atoms. The van der Waals surface area contributed by atoms with Crippen LogP contribution in [0, 0.1) is 0 Å². The largest absolute Gasteiger partial charge is 0.468 e. The maximum atomic E-state index is 5.58. The molecule has 1 aliphatic heterocycles. The van der Waals surface area contributed by atoms with Crippen molar-refractivity contribution in [1.82, 2.24) is 10.2 Å². The normalized spacial score (nSPS) is 18.0. The van der Waals surface area contributed by atoms with E-state index in [1.807, 2.05) is 7.11 Å². The highest BCUT2D eigenvalue weighted by Crippen LogP contribution is 2.18. The molecule has 4 nitrogen and oxygen atoms in total. The van der Waals surface area contributed by atoms with E-state index in [4.69, 9.17) is 9.15 Å². The van der Waals surface area contributed by atoms with E-state index in [-0.39, 0.29) is 0 Å². The fourth-order valence-electron chi connectivity index (χ4n) is 2.59. The lowest BCUT2D eigenvalue weighted by molar-refractivity contribution is 0.0387. The van der Waals surface area contributed by atoms with Crippen LogP contribution >= 0.6 is 0 Å². The Bertz CT molecular complexity index is 357. The minimum atomic E-state index is 0.450. The van der Waals surface area contributed by atoms with Gasteiger partial charge in [-0.15, -0.1) is 0 Å². The molecule has 0 saturated carbocycles. The Kier molecular flexibility index (Phi) is 5.89. The summed E-state index contributed by atoms with van der Waals surface area (Å²) in [4.78, 5) is 2.49. The summed E-state index contributed by atoms with van der Waals surface area (Å²) in [6.45, 7) is 7.28. The molecule has 1 saturated heterocycles. The second-order valence-electron chi connectivity index (χ2n) is 5.26. The van der Waals surface area contributed by atoms with Crippen LogP contribution in [0.3, 0.4) is 0 Å². The van der Waals surface area contributed by atoms with Gasteiger partial charge in [0, 0.05) is 32.3 Å². The van der Waals surface area contributed by atoms with Gasteiger partial charge >= 0.3 is 0 Å². The average Bonchev–Trinajstić information content (AvgIpc) is 2.87. The van der Waals surface area contributed by atoms with Crippen molar-refractivity contribution in [2.45, 2.75) is 45.4 Å². The molecule has 1 aromatic rings. The summed E-state index contributed by atoms with van der Waals surface area (Å²) in [7, 11) is 1.81. The van der Waals surface area contributed by atoms with Crippen molar-refractivity contribution in [3.05, 3.63) is 23.7 Å². The molecule has 0 amide bonds. The molecule has 2 rings (SSSR count). The van der Waals surface area contributed by atoms with E-state index >= 15 is 0 Å². The van der Waals surface area contributed by atoms with Crippen molar-refractivity contribution in [1.29, 1.82) is 0 Å². The zero-order valence-electron chi connectivity index (χ0n) is 12.2. The third-order valence-electron chi connectivity index (χ3n) is 3.81. The standard InChI is InChI=1S/C15H26N2O2/c1-3-7-16-11-15-13(6-10-19-15)12-17-8-4-14(18-2)5-9-17/h6,10,14,16H,3-5,7-9,11-12H2,1-2H3. The number of hydrogen-bond donors (Lipinski definition) is 1. The Labute approximate surface area is 116 Å². The molecule has 0 unspecified atom stereocenters. The summed E-state index contributed by atoms with van der Waals surface area (Å²) >= 11 is 0. The van der Waals surface area contributed by atoms with E-state index < -0.39 is 0 Å². The summed E-state index contributed by atoms with van der Waals surface area (Å²) < 4.78 is 11.0. The van der Waals surface area contributed by atoms with Gasteiger partial charge in [0.15, 0.2) is 0 Å². The van der Waals surface area contributed by atoms with Crippen molar-refractivity contribution in [2.24, 2.45) is 0 Å². The van der Waals surface area contributed by atoms with Gasteiger partial charge in [-0.1, -0.05) is 6.92 Å². The molecule has 0 bridgehead atoms. The number of hydrogen-bond acceptors (Lipinski definition) is 4. The van der Waals surface area contributed by atoms with E-state index in [0.717, 1.165) is 57.7 Å². The Balaban J connectivity index is 1.81. The van der Waals surface area contributed by atoms with Crippen molar-refractivity contribution in [2.75, 3.05) is 26.7 Å². The van der Waals surface area contributed by atoms with Gasteiger partial charge in [0.2, 0.25) is 0 Å². The first kappa shape index (κ1) is 14.6. The van der Waals surface area contributed by atoms with E-state index in [1.165, 1.54) is 5.56 Å². The van der Waals surface area contributed by atoms with E-state index in [0.29, 0.717) is 6.10 Å². The lowest BCUT2D eigenvalue weighted by Crippen LogP contribution is -2.36. The van der Waals surface area contributed by atoms with E-state index in [1.54, 1.807) is 6.26 Å². The highest BCUT2D eigenvalue weighted by atomic mass is 16.5. The van der Waals surface area contributed by atoms with Crippen LogP contribution in [0.5, 0.6) is 0 Å². The molecule has 1 aromatic heterocycles. The monoisotopic (exact) mass is 266 g/mol. The lowest BCUT2D eigenvalue weighted by atomic mass is 10.1. The van der Waals surface area contributed by atoms with Crippen molar-refractivity contribution >= 4 is 0 Å². The molecule has 0 aliphatic carbocycles. The number of piperidine rings is 1. The molecule has 4 heteroatoms. The summed E-state index contributed by atoms with van der Waals surface area (Å²) in [6, 6.07) is 2.10. The van der Waals surface area contributed by atoms with Crippen molar-refractivity contribution < 1.29 is 9.15 Å². The highest BCUT2D eigenvalue weighted by Gasteiger charge is 2.19. The van der Waals surface area contributed by atoms with Crippen LogP contribution in [0.2, 0.25) is 0 Å². The summed E-state index contributed by atoms with van der Waals surface area (Å²) in [5, 5.41) is 3.40. The van der Waals surface area contributed by atoms with Gasteiger partial charge in [-0.2, -0.15) is 0 Å². The van der Waals surface area contributed by atoms with Crippen LogP contribution in [0.25, 0.3) is 0 Å². The SMILES string of the molecule is CCCNCc1occc1CN1CCC(OC)CC1. The Hall–Kier alpha value is -0.840. The second-order valence-corrected chi connectivity index (χ2v) is 5.26. The fraction of sp³-hybridized carbons (Fsp3) is 0.733. The van der Waals surface area contributed by atoms with Gasteiger partial charge in [0.05, 0.1) is 18.9 Å². The minimum Gasteiger partial charge on any atom is -0.468 e. The molecule has 108 valence electrons. The molecule has 0 radical (unpaired) electrons. The Morgan fingerprint density at radius 1 is 1.42 bits per heavy atom. The first-order valence-electron chi connectivity index (χ1n) is 7.34. The maximum absolute atomic E-state index is 5.58. The molecule has 0 atom stereocenters. The number of rotatable bonds is 7. The number of nitrogens with one attached hydrogen (secondary N) is 1. The van der Waals surface area contributed by atoms with Gasteiger partial charge in [0.1, 0.15) is 5.76 Å². The highest BCUT2D eigenvalue weighted by molar-refractivity contribution is 5.17. The van der Waals surface area contributed by atoms with Crippen LogP contribution in [-0.4, -0.2) is 37.7 Å². The quantitative estimate of drug-likeness (QED) is 0.769. The molecular formula is C15H26N2O2. The Morgan fingerprint density at radius 2 is 2.21 bits per heavy atom. The third-order valence-corrected chi connectivity index (χ3v) is 3.81. The summed E-state index contributed by atoms with van der Waals surface area (Å²) in [5.74, 6) is 1.09. The van der Waals surface area contributed by atoms with Crippen LogP contribution < -0.4 is 5.32 Å². The van der Waals surface area contributed by atoms with Gasteiger partial charge in [-0.25, -0.2) is 0 Å². The molecule has 2 heterocycles. The smallest absolute Gasteiger partial charge is 0.122 e. The predicted octanol–water partition coefficient (Wildman–Crippen LogP) is 2.39. The molecule has 1 N–H and O–H groups in total. The topological polar surface area (TPSA) is 37.6 Å². The zero-order chi connectivity index (χ0) is 13.5. The first-order valence-corrected chi connectivity index (χ1v) is 7.34. The number of ether oxygens (including phenoxy) is 1. The van der Waals surface area contributed by atoms with Crippen LogP contribution in [0.4, 0.5) is 0 Å². The minimum absolute atomic E-state index is 0.450. The van der Waals surface area contributed by atoms with Crippen LogP contribution in [0.15, 0.2) is 16.7 Å². The van der Waals surface area contributed by atoms with Crippen molar-refractivity contribution in [3.8, 4) is 0 Å². The predicted molar refractivity (Wildman–Crippen MR) is 76.0 cm³/mol. The van der Waals surface area contributed by atoms with Crippen molar-refractivity contribution in [3.63, 3.8) is 0 Å². The molecule has 0 aromatic carbocycles. The third kappa shape index (κ3) is 4.34. The molecular weight excluding hydrogens is 240 g/mol. The second kappa shape index (κ2) is 7.68. The summed E-state index contributed by atoms with van der Waals surface area (Å²) in [6.07, 6.45) is 5.68. The van der Waals surface area contributed by atoms with Gasteiger partial charge in [0.25, 0.3) is 0 Å². The number of likely N-dealkylation sites (tertiary alicyclic amines) is 1. The van der Waals surface area contributed by atoms with Crippen LogP contribution in [-0.2, 0) is 17.8 Å². The zero-order valence-corrected chi connectivity index (χ0v) is 12.2. The van der Waals surface area contributed by atoms with Gasteiger partial charge in [-0.05, 0) is 31.9 Å². The first-order chi connectivity index (χ1) is 9.33. The van der Waals surface area contributed by atoms with Gasteiger partial charge < -0.3 is 14.5 Å². The summed E-state index contributed by atoms with van der Waals surface area (Å²) in [5.41, 5.74) is 1.32. The van der Waals surface area contributed by atoms with E-state index in [9.17, 15) is 0 Å². The maximum Gasteiger partial charge on any atom is 0.122 e. The number of furan rings is 1. The molecule has 19 heavy (non-hydrogen) atoms. The number of methoxy groups -OCH3 is 1. The molecule has 1 aliphatic rings. The molecule has 1 fully saturated rings. The van der Waals surface area contributed by atoms with E-state index in [2.05, 4.69) is 23.2 Å². The van der Waals surface area contributed by atoms with Crippen LogP contribution in [0.1, 0.15) is 37.5 Å². The number of nitrogens with zero attached hydrogens (tertiary/aromatic N) is 1.